The highest BCUT2D eigenvalue weighted by molar-refractivity contribution is 7.99. The number of imidazole rings is 1. The molecular formula is C33H31N7O2S. The molecule has 5 aromatic rings. The van der Waals surface area contributed by atoms with Crippen LogP contribution in [0.2, 0.25) is 0 Å². The zero-order valence-corrected chi connectivity index (χ0v) is 24.4. The lowest BCUT2D eigenvalue weighted by Crippen LogP contribution is -2.36. The molecule has 1 saturated heterocycles. The molecule has 216 valence electrons. The van der Waals surface area contributed by atoms with E-state index in [2.05, 4.69) is 49.4 Å². The minimum atomic E-state index is -0.0593. The summed E-state index contributed by atoms with van der Waals surface area (Å²) < 4.78 is 7.70. The van der Waals surface area contributed by atoms with Crippen LogP contribution in [0.15, 0.2) is 96.3 Å². The van der Waals surface area contributed by atoms with Gasteiger partial charge in [0.05, 0.1) is 36.7 Å². The van der Waals surface area contributed by atoms with Crippen LogP contribution in [0.3, 0.4) is 0 Å². The molecule has 9 nitrogen and oxygen atoms in total. The van der Waals surface area contributed by atoms with Crippen molar-refractivity contribution in [1.82, 2.24) is 19.5 Å². The largest absolute Gasteiger partial charge is 0.378 e. The molecule has 7 rings (SSSR count). The van der Waals surface area contributed by atoms with Crippen molar-refractivity contribution in [1.29, 1.82) is 0 Å². The number of anilines is 4. The van der Waals surface area contributed by atoms with E-state index in [0.29, 0.717) is 12.4 Å². The monoisotopic (exact) mass is 589 g/mol. The maximum atomic E-state index is 12.8. The predicted octanol–water partition coefficient (Wildman–Crippen LogP) is 5.87. The van der Waals surface area contributed by atoms with Crippen LogP contribution in [-0.4, -0.2) is 57.5 Å². The molecule has 0 radical (unpaired) electrons. The van der Waals surface area contributed by atoms with Crippen molar-refractivity contribution in [3.05, 3.63) is 96.7 Å². The van der Waals surface area contributed by atoms with Gasteiger partial charge in [0, 0.05) is 54.2 Å². The number of carbonyl (C=O) groups excluding carboxylic acids is 1. The van der Waals surface area contributed by atoms with Crippen molar-refractivity contribution in [2.45, 2.75) is 18.1 Å². The topological polar surface area (TPSA) is 97.2 Å². The van der Waals surface area contributed by atoms with Crippen LogP contribution in [0.1, 0.15) is 5.56 Å². The summed E-state index contributed by atoms with van der Waals surface area (Å²) in [4.78, 5) is 29.5. The quantitative estimate of drug-likeness (QED) is 0.232. The minimum Gasteiger partial charge on any atom is -0.378 e. The molecule has 3 aromatic carbocycles. The van der Waals surface area contributed by atoms with Crippen molar-refractivity contribution in [2.75, 3.05) is 47.6 Å². The fourth-order valence-electron chi connectivity index (χ4n) is 5.43. The first kappa shape index (κ1) is 27.2. The van der Waals surface area contributed by atoms with Crippen LogP contribution in [0.5, 0.6) is 0 Å². The van der Waals surface area contributed by atoms with Crippen molar-refractivity contribution in [2.24, 2.45) is 0 Å². The van der Waals surface area contributed by atoms with Crippen molar-refractivity contribution < 1.29 is 9.53 Å². The summed E-state index contributed by atoms with van der Waals surface area (Å²) in [6.45, 7) is 4.17. The van der Waals surface area contributed by atoms with Crippen LogP contribution in [0, 0.1) is 0 Å². The van der Waals surface area contributed by atoms with E-state index >= 15 is 0 Å². The fourth-order valence-corrected chi connectivity index (χ4v) is 6.38. The predicted molar refractivity (Wildman–Crippen MR) is 171 cm³/mol. The second kappa shape index (κ2) is 12.3. The molecule has 1 amide bonds. The minimum absolute atomic E-state index is 0.0593. The Labute approximate surface area is 254 Å². The number of hydrogen-bond acceptors (Lipinski definition) is 8. The summed E-state index contributed by atoms with van der Waals surface area (Å²) >= 11 is 1.74. The molecule has 2 aromatic heterocycles. The highest BCUT2D eigenvalue weighted by Crippen LogP contribution is 2.39. The third-order valence-corrected chi connectivity index (χ3v) is 8.46. The van der Waals surface area contributed by atoms with Gasteiger partial charge in [0.2, 0.25) is 11.9 Å². The Kier molecular flexibility index (Phi) is 7.77. The Morgan fingerprint density at radius 1 is 0.884 bits per heavy atom. The van der Waals surface area contributed by atoms with Gasteiger partial charge >= 0.3 is 0 Å². The Balaban J connectivity index is 1.13. The smallest absolute Gasteiger partial charge is 0.228 e. The number of fused-ring (bicyclic) bond motifs is 1. The van der Waals surface area contributed by atoms with E-state index in [1.165, 1.54) is 5.69 Å². The Hall–Kier alpha value is -4.67. The fraction of sp³-hybridized carbons (Fsp3) is 0.212. The van der Waals surface area contributed by atoms with Crippen LogP contribution in [-0.2, 0) is 22.5 Å². The van der Waals surface area contributed by atoms with Gasteiger partial charge in [-0.3, -0.25) is 4.79 Å². The average molecular weight is 590 g/mol. The van der Waals surface area contributed by atoms with E-state index < -0.39 is 0 Å². The highest BCUT2D eigenvalue weighted by Gasteiger charge is 2.25. The summed E-state index contributed by atoms with van der Waals surface area (Å²) in [5.41, 5.74) is 7.29. The molecule has 1 fully saturated rings. The number of benzene rings is 3. The van der Waals surface area contributed by atoms with E-state index in [1.807, 2.05) is 60.7 Å². The Morgan fingerprint density at radius 2 is 1.72 bits per heavy atom. The van der Waals surface area contributed by atoms with E-state index in [9.17, 15) is 4.79 Å². The van der Waals surface area contributed by atoms with Gasteiger partial charge in [-0.25, -0.2) is 15.0 Å². The molecule has 0 bridgehead atoms. The number of morpholine rings is 1. The average Bonchev–Trinajstić information content (AvgIpc) is 3.65. The van der Waals surface area contributed by atoms with Crippen LogP contribution < -0.4 is 15.5 Å². The van der Waals surface area contributed by atoms with Crippen molar-refractivity contribution in [3.8, 4) is 22.6 Å². The standard InChI is InChI=1S/C33H31N7O2S/c41-29(21-23-5-2-1-3-6-23)35-26-8-4-7-24(22-26)30-31(40-17-20-43-33(40)38-30)28-13-14-34-32(37-28)36-25-9-11-27(12-10-25)39-15-18-42-19-16-39/h1-14,22H,15-21H2,(H,35,41)(H,34,36,37). The number of nitrogens with one attached hydrogen (secondary N) is 2. The summed E-state index contributed by atoms with van der Waals surface area (Å²) in [6.07, 6.45) is 2.09. The highest BCUT2D eigenvalue weighted by atomic mass is 32.2. The van der Waals surface area contributed by atoms with Crippen LogP contribution >= 0.6 is 11.8 Å². The summed E-state index contributed by atoms with van der Waals surface area (Å²) in [5, 5.41) is 7.38. The molecule has 10 heteroatoms. The molecule has 2 N–H and O–H groups in total. The number of ether oxygens (including phenoxy) is 1. The second-order valence-corrected chi connectivity index (χ2v) is 11.5. The first-order valence-electron chi connectivity index (χ1n) is 14.4. The van der Waals surface area contributed by atoms with E-state index in [-0.39, 0.29) is 5.91 Å². The molecule has 0 unspecified atom stereocenters. The van der Waals surface area contributed by atoms with E-state index in [4.69, 9.17) is 14.7 Å². The molecule has 43 heavy (non-hydrogen) atoms. The van der Waals surface area contributed by atoms with Crippen molar-refractivity contribution in [3.63, 3.8) is 0 Å². The number of carbonyl (C=O) groups is 1. The molecular weight excluding hydrogens is 558 g/mol. The van der Waals surface area contributed by atoms with Crippen LogP contribution in [0.4, 0.5) is 23.0 Å². The normalized spacial score (nSPS) is 14.4. The maximum absolute atomic E-state index is 12.8. The number of aromatic nitrogens is 4. The second-order valence-electron chi connectivity index (χ2n) is 10.4. The lowest BCUT2D eigenvalue weighted by atomic mass is 10.1. The Morgan fingerprint density at radius 3 is 2.56 bits per heavy atom. The summed E-state index contributed by atoms with van der Waals surface area (Å²) in [5.74, 6) is 1.43. The first-order valence-corrected chi connectivity index (χ1v) is 15.4. The lowest BCUT2D eigenvalue weighted by Gasteiger charge is -2.28. The molecule has 2 aliphatic heterocycles. The number of amides is 1. The molecule has 0 saturated carbocycles. The van der Waals surface area contributed by atoms with Gasteiger partial charge in [0.25, 0.3) is 0 Å². The lowest BCUT2D eigenvalue weighted by molar-refractivity contribution is -0.115. The van der Waals surface area contributed by atoms with Gasteiger partial charge in [-0.05, 0) is 48.0 Å². The Bertz CT molecular complexity index is 1730. The maximum Gasteiger partial charge on any atom is 0.228 e. The third-order valence-electron chi connectivity index (χ3n) is 7.50. The molecule has 4 heterocycles. The van der Waals surface area contributed by atoms with Crippen molar-refractivity contribution >= 4 is 40.7 Å². The van der Waals surface area contributed by atoms with Gasteiger partial charge < -0.3 is 24.8 Å². The number of nitrogens with zero attached hydrogens (tertiary/aromatic N) is 5. The van der Waals surface area contributed by atoms with Gasteiger partial charge in [-0.1, -0.05) is 54.2 Å². The molecule has 0 atom stereocenters. The zero-order valence-electron chi connectivity index (χ0n) is 23.6. The number of hydrogen-bond donors (Lipinski definition) is 2. The molecule has 0 aliphatic carbocycles. The van der Waals surface area contributed by atoms with Gasteiger partial charge in [0.15, 0.2) is 5.16 Å². The number of rotatable bonds is 8. The van der Waals surface area contributed by atoms with Gasteiger partial charge in [-0.2, -0.15) is 0 Å². The van der Waals surface area contributed by atoms with Crippen LogP contribution in [0.25, 0.3) is 22.6 Å². The zero-order chi connectivity index (χ0) is 29.0. The SMILES string of the molecule is O=C(Cc1ccccc1)Nc1cccc(-c2nc3n(c2-c2ccnc(Nc4ccc(N5CCOCC5)cc4)n2)CCS3)c1. The summed E-state index contributed by atoms with van der Waals surface area (Å²) in [7, 11) is 0. The number of thioether (sulfide) groups is 1. The van der Waals surface area contributed by atoms with E-state index in [1.54, 1.807) is 18.0 Å². The summed E-state index contributed by atoms with van der Waals surface area (Å²) in [6, 6.07) is 27.9. The first-order chi connectivity index (χ1) is 21.2. The van der Waals surface area contributed by atoms with Gasteiger partial charge in [0.1, 0.15) is 0 Å². The third kappa shape index (κ3) is 6.11. The molecule has 0 spiro atoms. The van der Waals surface area contributed by atoms with Gasteiger partial charge in [-0.15, -0.1) is 0 Å². The molecule has 2 aliphatic rings. The van der Waals surface area contributed by atoms with E-state index in [0.717, 1.165) is 83.3 Å².